The number of rotatable bonds is 3. The highest BCUT2D eigenvalue weighted by Crippen LogP contribution is 1.95. The van der Waals surface area contributed by atoms with Crippen LogP contribution in [-0.4, -0.2) is 27.0 Å². The van der Waals surface area contributed by atoms with Gasteiger partial charge in [0.05, 0.1) is 12.2 Å². The van der Waals surface area contributed by atoms with Crippen LogP contribution < -0.4 is 0 Å². The topological polar surface area (TPSA) is 52.1 Å². The van der Waals surface area contributed by atoms with Gasteiger partial charge in [0.1, 0.15) is 0 Å². The van der Waals surface area contributed by atoms with E-state index < -0.39 is 0 Å². The Kier molecular flexibility index (Phi) is 2.42. The molecule has 4 heteroatoms. The zero-order chi connectivity index (χ0) is 7.40. The van der Waals surface area contributed by atoms with Crippen LogP contribution in [0, 0.1) is 0 Å². The zero-order valence-corrected chi connectivity index (χ0v) is 5.91. The van der Waals surface area contributed by atoms with E-state index in [-0.39, 0.29) is 0 Å². The lowest BCUT2D eigenvalue weighted by molar-refractivity contribution is -0.0955. The molecular weight excluding hydrogens is 130 g/mol. The molecular formula is C6H11N3O. The van der Waals surface area contributed by atoms with Crippen LogP contribution in [-0.2, 0) is 6.54 Å². The van der Waals surface area contributed by atoms with Crippen LogP contribution >= 0.6 is 0 Å². The molecule has 56 valence electrons. The third-order valence-electron chi connectivity index (χ3n) is 1.28. The minimum absolute atomic E-state index is 0.510. The van der Waals surface area contributed by atoms with Gasteiger partial charge in [-0.2, -0.15) is 10.2 Å². The van der Waals surface area contributed by atoms with Crippen molar-refractivity contribution in [3.63, 3.8) is 0 Å². The number of nitrogens with zero attached hydrogens (tertiary/aromatic N) is 2. The van der Waals surface area contributed by atoms with Crippen molar-refractivity contribution in [2.75, 3.05) is 6.54 Å². The summed E-state index contributed by atoms with van der Waals surface area (Å²) in [5, 5.41) is 16.7. The summed E-state index contributed by atoms with van der Waals surface area (Å²) in [6, 6.07) is 1.83. The average Bonchev–Trinajstić information content (AvgIpc) is 2.40. The van der Waals surface area contributed by atoms with Gasteiger partial charge in [-0.15, -0.1) is 0 Å². The predicted molar refractivity (Wildman–Crippen MR) is 36.5 cm³/mol. The van der Waals surface area contributed by atoms with Crippen molar-refractivity contribution >= 4 is 0 Å². The van der Waals surface area contributed by atoms with E-state index in [1.54, 1.807) is 6.20 Å². The Morgan fingerprint density at radius 1 is 1.80 bits per heavy atom. The summed E-state index contributed by atoms with van der Waals surface area (Å²) in [4.78, 5) is 0. The lowest BCUT2D eigenvalue weighted by atomic mass is 10.4. The SMILES string of the molecule is CCN(O)Cc1ccn[nH]1. The minimum atomic E-state index is 0.510. The molecule has 0 saturated carbocycles. The number of hydrogen-bond donors (Lipinski definition) is 2. The Balaban J connectivity index is 2.40. The quantitative estimate of drug-likeness (QED) is 0.607. The smallest absolute Gasteiger partial charge is 0.0655 e. The van der Waals surface area contributed by atoms with Gasteiger partial charge in [-0.25, -0.2) is 0 Å². The molecule has 1 rings (SSSR count). The fourth-order valence-corrected chi connectivity index (χ4v) is 0.681. The summed E-state index contributed by atoms with van der Waals surface area (Å²) in [5.41, 5.74) is 0.921. The van der Waals surface area contributed by atoms with Gasteiger partial charge in [0.25, 0.3) is 0 Å². The predicted octanol–water partition coefficient (Wildman–Crippen LogP) is 0.621. The number of hydrogen-bond acceptors (Lipinski definition) is 3. The fraction of sp³-hybridized carbons (Fsp3) is 0.500. The number of nitrogens with one attached hydrogen (secondary N) is 1. The number of H-pyrrole nitrogens is 1. The van der Waals surface area contributed by atoms with Crippen LogP contribution in [0.5, 0.6) is 0 Å². The second-order valence-corrected chi connectivity index (χ2v) is 2.06. The summed E-state index contributed by atoms with van der Waals surface area (Å²) in [6.45, 7) is 3.02. The van der Waals surface area contributed by atoms with Gasteiger partial charge >= 0.3 is 0 Å². The van der Waals surface area contributed by atoms with Gasteiger partial charge in [-0.3, -0.25) is 5.10 Å². The number of aromatic nitrogens is 2. The molecule has 0 aliphatic carbocycles. The summed E-state index contributed by atoms with van der Waals surface area (Å²) >= 11 is 0. The first-order chi connectivity index (χ1) is 4.83. The van der Waals surface area contributed by atoms with Gasteiger partial charge in [-0.1, -0.05) is 6.92 Å². The monoisotopic (exact) mass is 141 g/mol. The molecule has 1 aromatic rings. The van der Waals surface area contributed by atoms with E-state index >= 15 is 0 Å². The normalized spacial score (nSPS) is 10.7. The Bertz CT molecular complexity index is 173. The maximum atomic E-state index is 9.02. The fourth-order valence-electron chi connectivity index (χ4n) is 0.681. The molecule has 4 nitrogen and oxygen atoms in total. The van der Waals surface area contributed by atoms with E-state index in [4.69, 9.17) is 5.21 Å². The van der Waals surface area contributed by atoms with Crippen molar-refractivity contribution in [3.8, 4) is 0 Å². The first-order valence-electron chi connectivity index (χ1n) is 3.25. The van der Waals surface area contributed by atoms with E-state index in [9.17, 15) is 0 Å². The van der Waals surface area contributed by atoms with E-state index in [0.29, 0.717) is 13.1 Å². The molecule has 0 radical (unpaired) electrons. The minimum Gasteiger partial charge on any atom is -0.314 e. The second kappa shape index (κ2) is 3.34. The highest BCUT2D eigenvalue weighted by Gasteiger charge is 1.98. The molecule has 1 heterocycles. The Morgan fingerprint density at radius 3 is 3.10 bits per heavy atom. The van der Waals surface area contributed by atoms with E-state index in [1.165, 1.54) is 5.06 Å². The van der Waals surface area contributed by atoms with Gasteiger partial charge in [0.2, 0.25) is 0 Å². The van der Waals surface area contributed by atoms with Gasteiger partial charge in [0.15, 0.2) is 0 Å². The van der Waals surface area contributed by atoms with Crippen LogP contribution in [0.4, 0.5) is 0 Å². The first-order valence-corrected chi connectivity index (χ1v) is 3.25. The molecule has 0 aromatic carbocycles. The molecule has 0 aliphatic rings. The second-order valence-electron chi connectivity index (χ2n) is 2.06. The molecule has 0 amide bonds. The Hall–Kier alpha value is -0.870. The molecule has 10 heavy (non-hydrogen) atoms. The standard InChI is InChI=1S/C6H11N3O/c1-2-9(10)5-6-3-4-7-8-6/h3-4,10H,2,5H2,1H3,(H,7,8). The van der Waals surface area contributed by atoms with Crippen LogP contribution in [0.3, 0.4) is 0 Å². The van der Waals surface area contributed by atoms with Crippen molar-refractivity contribution in [1.82, 2.24) is 15.3 Å². The van der Waals surface area contributed by atoms with Crippen LogP contribution in [0.25, 0.3) is 0 Å². The lowest BCUT2D eigenvalue weighted by Gasteiger charge is -2.08. The highest BCUT2D eigenvalue weighted by molar-refractivity contribution is 4.95. The average molecular weight is 141 g/mol. The molecule has 0 unspecified atom stereocenters. The van der Waals surface area contributed by atoms with Crippen LogP contribution in [0.15, 0.2) is 12.3 Å². The maximum absolute atomic E-state index is 9.02. The van der Waals surface area contributed by atoms with Crippen molar-refractivity contribution in [3.05, 3.63) is 18.0 Å². The Morgan fingerprint density at radius 2 is 2.60 bits per heavy atom. The molecule has 0 spiro atoms. The van der Waals surface area contributed by atoms with Gasteiger partial charge in [-0.05, 0) is 6.07 Å². The molecule has 0 fully saturated rings. The highest BCUT2D eigenvalue weighted by atomic mass is 16.5. The molecule has 0 bridgehead atoms. The Labute approximate surface area is 59.4 Å². The number of hydroxylamine groups is 2. The molecule has 0 atom stereocenters. The molecule has 0 aliphatic heterocycles. The van der Waals surface area contributed by atoms with Crippen molar-refractivity contribution < 1.29 is 5.21 Å². The van der Waals surface area contributed by atoms with E-state index in [1.807, 2.05) is 13.0 Å². The molecule has 2 N–H and O–H groups in total. The largest absolute Gasteiger partial charge is 0.314 e. The summed E-state index contributed by atoms with van der Waals surface area (Å²) < 4.78 is 0. The van der Waals surface area contributed by atoms with E-state index in [0.717, 1.165) is 5.69 Å². The number of aromatic amines is 1. The van der Waals surface area contributed by atoms with Crippen molar-refractivity contribution in [2.24, 2.45) is 0 Å². The third kappa shape index (κ3) is 1.82. The lowest BCUT2D eigenvalue weighted by Crippen LogP contribution is -2.17. The summed E-state index contributed by atoms with van der Waals surface area (Å²) in [5.74, 6) is 0. The van der Waals surface area contributed by atoms with Crippen molar-refractivity contribution in [1.29, 1.82) is 0 Å². The first kappa shape index (κ1) is 7.24. The van der Waals surface area contributed by atoms with Gasteiger partial charge < -0.3 is 5.21 Å². The van der Waals surface area contributed by atoms with Crippen LogP contribution in [0.1, 0.15) is 12.6 Å². The summed E-state index contributed by atoms with van der Waals surface area (Å²) in [6.07, 6.45) is 1.67. The van der Waals surface area contributed by atoms with Gasteiger partial charge in [0, 0.05) is 12.7 Å². The molecule has 0 saturated heterocycles. The van der Waals surface area contributed by atoms with Crippen LogP contribution in [0.2, 0.25) is 0 Å². The van der Waals surface area contributed by atoms with Crippen molar-refractivity contribution in [2.45, 2.75) is 13.5 Å². The third-order valence-corrected chi connectivity index (χ3v) is 1.28. The summed E-state index contributed by atoms with van der Waals surface area (Å²) in [7, 11) is 0. The molecule has 1 aromatic heterocycles. The van der Waals surface area contributed by atoms with E-state index in [2.05, 4.69) is 10.2 Å². The maximum Gasteiger partial charge on any atom is 0.0655 e. The zero-order valence-electron chi connectivity index (χ0n) is 5.91.